The number of aromatic nitrogens is 1. The predicted octanol–water partition coefficient (Wildman–Crippen LogP) is 3.94. The Kier molecular flexibility index (Phi) is 4.53. The lowest BCUT2D eigenvalue weighted by molar-refractivity contribution is 1.22. The van der Waals surface area contributed by atoms with Gasteiger partial charge >= 0.3 is 0 Å². The van der Waals surface area contributed by atoms with Gasteiger partial charge < -0.3 is 10.7 Å². The fourth-order valence-electron chi connectivity index (χ4n) is 1.50. The second-order valence-electron chi connectivity index (χ2n) is 3.72. The van der Waals surface area contributed by atoms with Gasteiger partial charge in [-0.1, -0.05) is 34.8 Å². The molecule has 8 heteroatoms. The van der Waals surface area contributed by atoms with Crippen molar-refractivity contribution in [2.45, 2.75) is 0 Å². The molecule has 2 aromatic rings. The van der Waals surface area contributed by atoms with Gasteiger partial charge in [0.05, 0.1) is 21.3 Å². The summed E-state index contributed by atoms with van der Waals surface area (Å²) in [5, 5.41) is 13.0. The molecule has 0 spiro atoms. The summed E-state index contributed by atoms with van der Waals surface area (Å²) in [6.07, 6.45) is 0. The fraction of sp³-hybridized carbons (Fsp3) is 0. The molecule has 2 rings (SSSR count). The molecule has 1 heterocycles. The minimum absolute atomic E-state index is 0.263. The zero-order valence-electron chi connectivity index (χ0n) is 9.92. The molecule has 0 atom stereocenters. The number of rotatable bonds is 3. The number of nitriles is 1. The maximum Gasteiger partial charge on any atom is 0.161 e. The highest BCUT2D eigenvalue weighted by atomic mass is 35.5. The first-order chi connectivity index (χ1) is 9.55. The van der Waals surface area contributed by atoms with Crippen molar-refractivity contribution in [3.63, 3.8) is 0 Å². The van der Waals surface area contributed by atoms with Gasteiger partial charge in [0.2, 0.25) is 0 Å². The Bertz CT molecular complexity index is 696. The van der Waals surface area contributed by atoms with E-state index in [2.05, 4.69) is 15.7 Å². The van der Waals surface area contributed by atoms with Crippen molar-refractivity contribution in [3.8, 4) is 6.07 Å². The van der Waals surface area contributed by atoms with Crippen molar-refractivity contribution >= 4 is 52.1 Å². The molecule has 0 amide bonds. The number of halogens is 3. The van der Waals surface area contributed by atoms with Crippen LogP contribution in [0.4, 0.5) is 17.3 Å². The van der Waals surface area contributed by atoms with Crippen LogP contribution >= 0.6 is 34.8 Å². The van der Waals surface area contributed by atoms with E-state index in [1.807, 2.05) is 6.07 Å². The van der Waals surface area contributed by atoms with Crippen LogP contribution in [0.25, 0.3) is 0 Å². The number of nitrogens with one attached hydrogen (secondary N) is 2. The van der Waals surface area contributed by atoms with Crippen molar-refractivity contribution in [1.29, 1.82) is 5.26 Å². The average molecular weight is 329 g/mol. The summed E-state index contributed by atoms with van der Waals surface area (Å²) >= 11 is 17.9. The second-order valence-corrected chi connectivity index (χ2v) is 4.97. The van der Waals surface area contributed by atoms with Crippen molar-refractivity contribution in [1.82, 2.24) is 4.98 Å². The van der Waals surface area contributed by atoms with Crippen LogP contribution in [0.2, 0.25) is 15.1 Å². The average Bonchev–Trinajstić information content (AvgIpc) is 2.42. The van der Waals surface area contributed by atoms with E-state index in [0.29, 0.717) is 22.1 Å². The fourth-order valence-corrected chi connectivity index (χ4v) is 2.13. The standard InChI is InChI=1S/C12H8Cl3N5/c13-7-2-1-6(5-16)10(3-7)18-11-8(14)4-9(15)12(19-11)20-17/h1-4H,17H2,(H2,18,19,20). The number of hydrogen-bond donors (Lipinski definition) is 3. The van der Waals surface area contributed by atoms with E-state index in [9.17, 15) is 0 Å². The van der Waals surface area contributed by atoms with Crippen LogP contribution in [0, 0.1) is 11.3 Å². The summed E-state index contributed by atoms with van der Waals surface area (Å²) in [6.45, 7) is 0. The molecule has 0 saturated carbocycles. The first kappa shape index (κ1) is 14.7. The predicted molar refractivity (Wildman–Crippen MR) is 81.5 cm³/mol. The van der Waals surface area contributed by atoms with Crippen LogP contribution in [0.1, 0.15) is 5.56 Å². The van der Waals surface area contributed by atoms with Gasteiger partial charge in [0.15, 0.2) is 11.6 Å². The molecular formula is C12H8Cl3N5. The Morgan fingerprint density at radius 2 is 1.80 bits per heavy atom. The van der Waals surface area contributed by atoms with Crippen molar-refractivity contribution in [2.24, 2.45) is 5.84 Å². The summed E-state index contributed by atoms with van der Waals surface area (Å²) in [7, 11) is 0. The van der Waals surface area contributed by atoms with Crippen LogP contribution in [0.15, 0.2) is 24.3 Å². The number of benzene rings is 1. The van der Waals surface area contributed by atoms with Crippen LogP contribution in [-0.4, -0.2) is 4.98 Å². The molecule has 0 bridgehead atoms. The topological polar surface area (TPSA) is 86.8 Å². The molecule has 20 heavy (non-hydrogen) atoms. The van der Waals surface area contributed by atoms with Gasteiger partial charge in [-0.25, -0.2) is 10.8 Å². The summed E-state index contributed by atoms with van der Waals surface area (Å²) in [5.41, 5.74) is 3.25. The quantitative estimate of drug-likeness (QED) is 0.587. The molecule has 4 N–H and O–H groups in total. The Balaban J connectivity index is 2.45. The minimum Gasteiger partial charge on any atom is -0.338 e. The largest absolute Gasteiger partial charge is 0.338 e. The van der Waals surface area contributed by atoms with Crippen LogP contribution in [0.3, 0.4) is 0 Å². The lowest BCUT2D eigenvalue weighted by Crippen LogP contribution is -2.10. The molecule has 5 nitrogen and oxygen atoms in total. The highest BCUT2D eigenvalue weighted by Crippen LogP contribution is 2.32. The minimum atomic E-state index is 0.263. The maximum atomic E-state index is 9.06. The maximum absolute atomic E-state index is 9.06. The Hall–Kier alpha value is -1.71. The third kappa shape index (κ3) is 3.06. The molecule has 1 aromatic heterocycles. The molecular weight excluding hydrogens is 321 g/mol. The van der Waals surface area contributed by atoms with Gasteiger partial charge in [-0.3, -0.25) is 0 Å². The van der Waals surface area contributed by atoms with Crippen molar-refractivity contribution in [2.75, 3.05) is 10.7 Å². The molecule has 0 aliphatic heterocycles. The van der Waals surface area contributed by atoms with E-state index in [1.54, 1.807) is 18.2 Å². The molecule has 0 fully saturated rings. The Morgan fingerprint density at radius 3 is 2.45 bits per heavy atom. The SMILES string of the molecule is N#Cc1ccc(Cl)cc1Nc1nc(NN)c(Cl)cc1Cl. The van der Waals surface area contributed by atoms with Gasteiger partial charge in [-0.05, 0) is 24.3 Å². The Morgan fingerprint density at radius 1 is 1.10 bits per heavy atom. The van der Waals surface area contributed by atoms with E-state index in [0.717, 1.165) is 0 Å². The third-order valence-corrected chi connectivity index (χ3v) is 3.23. The molecule has 0 aliphatic carbocycles. The molecule has 0 radical (unpaired) electrons. The van der Waals surface area contributed by atoms with Crippen LogP contribution in [0.5, 0.6) is 0 Å². The number of hydrogen-bond acceptors (Lipinski definition) is 5. The van der Waals surface area contributed by atoms with Gasteiger partial charge in [0.25, 0.3) is 0 Å². The number of anilines is 3. The molecule has 0 saturated heterocycles. The van der Waals surface area contributed by atoms with Crippen LogP contribution < -0.4 is 16.6 Å². The van der Waals surface area contributed by atoms with E-state index in [4.69, 9.17) is 45.9 Å². The molecule has 0 unspecified atom stereocenters. The van der Waals surface area contributed by atoms with Crippen molar-refractivity contribution < 1.29 is 0 Å². The highest BCUT2D eigenvalue weighted by molar-refractivity contribution is 6.37. The first-order valence-corrected chi connectivity index (χ1v) is 6.48. The van der Waals surface area contributed by atoms with Gasteiger partial charge in [-0.15, -0.1) is 0 Å². The van der Waals surface area contributed by atoms with Gasteiger partial charge in [-0.2, -0.15) is 5.26 Å². The second kappa shape index (κ2) is 6.16. The highest BCUT2D eigenvalue weighted by Gasteiger charge is 2.11. The van der Waals surface area contributed by atoms with E-state index < -0.39 is 0 Å². The molecule has 1 aromatic carbocycles. The number of hydrazine groups is 1. The number of nitrogens with zero attached hydrogens (tertiary/aromatic N) is 2. The first-order valence-electron chi connectivity index (χ1n) is 5.34. The number of nitrogens with two attached hydrogens (primary N) is 1. The third-order valence-electron chi connectivity index (χ3n) is 2.42. The summed E-state index contributed by atoms with van der Waals surface area (Å²) in [5.74, 6) is 5.87. The molecule has 0 aliphatic rings. The molecule has 102 valence electrons. The van der Waals surface area contributed by atoms with Gasteiger partial charge in [0, 0.05) is 5.02 Å². The zero-order chi connectivity index (χ0) is 14.7. The van der Waals surface area contributed by atoms with E-state index in [-0.39, 0.29) is 15.9 Å². The normalized spacial score (nSPS) is 9.95. The number of nitrogen functional groups attached to an aromatic ring is 1. The monoisotopic (exact) mass is 327 g/mol. The summed E-state index contributed by atoms with van der Waals surface area (Å²) in [4.78, 5) is 4.13. The summed E-state index contributed by atoms with van der Waals surface area (Å²) in [6, 6.07) is 8.35. The zero-order valence-corrected chi connectivity index (χ0v) is 12.2. The van der Waals surface area contributed by atoms with Crippen molar-refractivity contribution in [3.05, 3.63) is 44.9 Å². The summed E-state index contributed by atoms with van der Waals surface area (Å²) < 4.78 is 0. The smallest absolute Gasteiger partial charge is 0.161 e. The van der Waals surface area contributed by atoms with Gasteiger partial charge in [0.1, 0.15) is 6.07 Å². The van der Waals surface area contributed by atoms with Crippen LogP contribution in [-0.2, 0) is 0 Å². The van der Waals surface area contributed by atoms with E-state index >= 15 is 0 Å². The lowest BCUT2D eigenvalue weighted by atomic mass is 10.2. The lowest BCUT2D eigenvalue weighted by Gasteiger charge is -2.12. The number of pyridine rings is 1. The Labute approximate surface area is 130 Å². The van der Waals surface area contributed by atoms with E-state index in [1.165, 1.54) is 6.07 Å².